The van der Waals surface area contributed by atoms with E-state index in [2.05, 4.69) is 15.9 Å². The van der Waals surface area contributed by atoms with Crippen LogP contribution < -0.4 is 9.47 Å². The summed E-state index contributed by atoms with van der Waals surface area (Å²) >= 11 is 9.31. The van der Waals surface area contributed by atoms with E-state index >= 15 is 0 Å². The molecule has 2 aromatic carbocycles. The molecule has 0 radical (unpaired) electrons. The molecule has 2 aromatic rings. The Kier molecular flexibility index (Phi) is 5.45. The standard InChI is InChI=1S/C15H13BrClFO3/c1-20-14-6-9(7-19)5-11(16)15(14)21-8-10-12(17)3-2-4-13(10)18/h2-6,19H,7-8H2,1H3. The van der Waals surface area contributed by atoms with Crippen molar-refractivity contribution in [2.24, 2.45) is 0 Å². The van der Waals surface area contributed by atoms with Crippen LogP contribution in [0.4, 0.5) is 4.39 Å². The largest absolute Gasteiger partial charge is 0.493 e. The zero-order valence-electron chi connectivity index (χ0n) is 11.2. The number of hydrogen-bond acceptors (Lipinski definition) is 3. The van der Waals surface area contributed by atoms with E-state index in [1.54, 1.807) is 18.2 Å². The van der Waals surface area contributed by atoms with Crippen LogP contribution in [0.25, 0.3) is 0 Å². The summed E-state index contributed by atoms with van der Waals surface area (Å²) in [6, 6.07) is 7.83. The maximum atomic E-state index is 13.7. The predicted molar refractivity (Wildman–Crippen MR) is 82.4 cm³/mol. The van der Waals surface area contributed by atoms with Gasteiger partial charge in [0.15, 0.2) is 11.5 Å². The lowest BCUT2D eigenvalue weighted by Crippen LogP contribution is -2.02. The van der Waals surface area contributed by atoms with Gasteiger partial charge in [0.1, 0.15) is 12.4 Å². The van der Waals surface area contributed by atoms with Gasteiger partial charge in [0.2, 0.25) is 0 Å². The van der Waals surface area contributed by atoms with E-state index in [9.17, 15) is 4.39 Å². The first-order valence-corrected chi connectivity index (χ1v) is 7.27. The molecule has 0 aliphatic rings. The second-order valence-corrected chi connectivity index (χ2v) is 5.52. The minimum Gasteiger partial charge on any atom is -0.493 e. The van der Waals surface area contributed by atoms with E-state index in [1.165, 1.54) is 19.2 Å². The van der Waals surface area contributed by atoms with Crippen molar-refractivity contribution in [1.82, 2.24) is 0 Å². The number of aliphatic hydroxyl groups is 1. The molecular weight excluding hydrogens is 363 g/mol. The molecule has 0 saturated heterocycles. The number of aliphatic hydroxyl groups excluding tert-OH is 1. The summed E-state index contributed by atoms with van der Waals surface area (Å²) in [5.74, 6) is 0.444. The van der Waals surface area contributed by atoms with Gasteiger partial charge in [-0.15, -0.1) is 0 Å². The average molecular weight is 376 g/mol. The molecule has 112 valence electrons. The van der Waals surface area contributed by atoms with Crippen LogP contribution in [-0.2, 0) is 13.2 Å². The van der Waals surface area contributed by atoms with Gasteiger partial charge in [0.25, 0.3) is 0 Å². The summed E-state index contributed by atoms with van der Waals surface area (Å²) in [5, 5.41) is 9.47. The summed E-state index contributed by atoms with van der Waals surface area (Å²) in [4.78, 5) is 0. The number of methoxy groups -OCH3 is 1. The van der Waals surface area contributed by atoms with Crippen LogP contribution in [0.2, 0.25) is 5.02 Å². The van der Waals surface area contributed by atoms with Crippen molar-refractivity contribution in [3.63, 3.8) is 0 Å². The fourth-order valence-corrected chi connectivity index (χ4v) is 2.64. The van der Waals surface area contributed by atoms with Crippen molar-refractivity contribution in [3.05, 3.63) is 56.8 Å². The molecule has 2 rings (SSSR count). The topological polar surface area (TPSA) is 38.7 Å². The van der Waals surface area contributed by atoms with E-state index in [4.69, 9.17) is 26.2 Å². The minimum absolute atomic E-state index is 0.0288. The molecule has 0 saturated carbocycles. The number of benzene rings is 2. The summed E-state index contributed by atoms with van der Waals surface area (Å²) < 4.78 is 25.2. The predicted octanol–water partition coefficient (Wildman–Crippen LogP) is 4.32. The number of ether oxygens (including phenoxy) is 2. The van der Waals surface area contributed by atoms with Crippen LogP contribution in [0.3, 0.4) is 0 Å². The zero-order chi connectivity index (χ0) is 15.4. The Morgan fingerprint density at radius 1 is 1.33 bits per heavy atom. The van der Waals surface area contributed by atoms with Crippen molar-refractivity contribution < 1.29 is 19.0 Å². The molecule has 0 unspecified atom stereocenters. The van der Waals surface area contributed by atoms with Crippen LogP contribution in [0, 0.1) is 5.82 Å². The van der Waals surface area contributed by atoms with Crippen LogP contribution in [0.15, 0.2) is 34.8 Å². The molecule has 0 aliphatic carbocycles. The Balaban J connectivity index is 2.28. The van der Waals surface area contributed by atoms with Gasteiger partial charge in [0.05, 0.1) is 23.2 Å². The number of hydrogen-bond donors (Lipinski definition) is 1. The molecule has 3 nitrogen and oxygen atoms in total. The molecule has 0 aliphatic heterocycles. The Morgan fingerprint density at radius 3 is 2.71 bits per heavy atom. The Morgan fingerprint density at radius 2 is 2.10 bits per heavy atom. The van der Waals surface area contributed by atoms with E-state index in [0.717, 1.165) is 0 Å². The van der Waals surface area contributed by atoms with E-state index < -0.39 is 5.82 Å². The van der Waals surface area contributed by atoms with Crippen LogP contribution >= 0.6 is 27.5 Å². The maximum Gasteiger partial charge on any atom is 0.175 e. The minimum atomic E-state index is -0.426. The highest BCUT2D eigenvalue weighted by molar-refractivity contribution is 9.10. The molecule has 0 bridgehead atoms. The summed E-state index contributed by atoms with van der Waals surface area (Å²) in [7, 11) is 1.49. The summed E-state index contributed by atoms with van der Waals surface area (Å²) in [5.41, 5.74) is 0.953. The SMILES string of the molecule is COc1cc(CO)cc(Br)c1OCc1c(F)cccc1Cl. The first kappa shape index (κ1) is 16.1. The van der Waals surface area contributed by atoms with Gasteiger partial charge in [-0.05, 0) is 45.8 Å². The molecule has 0 aromatic heterocycles. The van der Waals surface area contributed by atoms with Crippen molar-refractivity contribution in [3.8, 4) is 11.5 Å². The van der Waals surface area contributed by atoms with Crippen LogP contribution in [-0.4, -0.2) is 12.2 Å². The average Bonchev–Trinajstić information content (AvgIpc) is 2.47. The van der Waals surface area contributed by atoms with Gasteiger partial charge in [-0.1, -0.05) is 17.7 Å². The smallest absolute Gasteiger partial charge is 0.175 e. The second kappa shape index (κ2) is 7.11. The lowest BCUT2D eigenvalue weighted by atomic mass is 10.2. The molecule has 0 amide bonds. The van der Waals surface area contributed by atoms with Gasteiger partial charge in [-0.25, -0.2) is 4.39 Å². The van der Waals surface area contributed by atoms with Crippen molar-refractivity contribution in [2.75, 3.05) is 7.11 Å². The third-order valence-electron chi connectivity index (χ3n) is 2.89. The molecular formula is C15H13BrClFO3. The zero-order valence-corrected chi connectivity index (χ0v) is 13.5. The monoisotopic (exact) mass is 374 g/mol. The quantitative estimate of drug-likeness (QED) is 0.846. The molecule has 0 heterocycles. The highest BCUT2D eigenvalue weighted by atomic mass is 79.9. The maximum absolute atomic E-state index is 13.7. The van der Waals surface area contributed by atoms with Gasteiger partial charge in [-0.3, -0.25) is 0 Å². The van der Waals surface area contributed by atoms with Gasteiger partial charge in [0, 0.05) is 5.56 Å². The normalized spacial score (nSPS) is 10.5. The van der Waals surface area contributed by atoms with Crippen LogP contribution in [0.5, 0.6) is 11.5 Å². The molecule has 6 heteroatoms. The fourth-order valence-electron chi connectivity index (χ4n) is 1.82. The van der Waals surface area contributed by atoms with Crippen molar-refractivity contribution in [2.45, 2.75) is 13.2 Å². The van der Waals surface area contributed by atoms with Crippen molar-refractivity contribution >= 4 is 27.5 Å². The van der Waals surface area contributed by atoms with Crippen molar-refractivity contribution in [1.29, 1.82) is 0 Å². The van der Waals surface area contributed by atoms with Gasteiger partial charge in [-0.2, -0.15) is 0 Å². The highest BCUT2D eigenvalue weighted by Crippen LogP contribution is 2.37. The Hall–Kier alpha value is -1.30. The lowest BCUT2D eigenvalue weighted by molar-refractivity contribution is 0.270. The fraction of sp³-hybridized carbons (Fsp3) is 0.200. The van der Waals surface area contributed by atoms with E-state index in [0.29, 0.717) is 26.6 Å². The van der Waals surface area contributed by atoms with E-state index in [1.807, 2.05) is 0 Å². The second-order valence-electron chi connectivity index (χ2n) is 4.26. The molecule has 0 fully saturated rings. The Bertz CT molecular complexity index is 629. The first-order valence-electron chi connectivity index (χ1n) is 6.09. The van der Waals surface area contributed by atoms with Gasteiger partial charge < -0.3 is 14.6 Å². The lowest BCUT2D eigenvalue weighted by Gasteiger charge is -2.14. The molecule has 0 spiro atoms. The van der Waals surface area contributed by atoms with Crippen LogP contribution in [0.1, 0.15) is 11.1 Å². The molecule has 1 N–H and O–H groups in total. The molecule has 0 atom stereocenters. The summed E-state index contributed by atoms with van der Waals surface area (Å²) in [6.45, 7) is -0.146. The Labute approximate surface area is 135 Å². The third kappa shape index (κ3) is 3.67. The summed E-state index contributed by atoms with van der Waals surface area (Å²) in [6.07, 6.45) is 0. The van der Waals surface area contributed by atoms with E-state index in [-0.39, 0.29) is 18.8 Å². The number of rotatable bonds is 5. The van der Waals surface area contributed by atoms with Gasteiger partial charge >= 0.3 is 0 Å². The third-order valence-corrected chi connectivity index (χ3v) is 3.84. The number of halogens is 3. The highest BCUT2D eigenvalue weighted by Gasteiger charge is 2.14. The first-order chi connectivity index (χ1) is 10.1. The molecule has 21 heavy (non-hydrogen) atoms.